The lowest BCUT2D eigenvalue weighted by molar-refractivity contribution is 0.251. The summed E-state index contributed by atoms with van der Waals surface area (Å²) >= 11 is 0. The zero-order chi connectivity index (χ0) is 19.5. The highest BCUT2D eigenvalue weighted by atomic mass is 16.5. The SMILES string of the molecule is Cc1nc(-c2cccc(NC(=O)NCc3ccc4c(c3)CCCN4C)c2)no1. The molecule has 0 bridgehead atoms. The van der Waals surface area contributed by atoms with Crippen LogP contribution in [0.25, 0.3) is 11.4 Å². The number of amides is 2. The molecule has 1 aliphatic rings. The van der Waals surface area contributed by atoms with Crippen LogP contribution in [0.5, 0.6) is 0 Å². The number of carbonyl (C=O) groups is 1. The number of nitrogens with one attached hydrogen (secondary N) is 2. The quantitative estimate of drug-likeness (QED) is 0.723. The van der Waals surface area contributed by atoms with Gasteiger partial charge in [-0.05, 0) is 42.2 Å². The molecule has 144 valence electrons. The van der Waals surface area contributed by atoms with Crippen molar-refractivity contribution in [3.05, 3.63) is 59.5 Å². The van der Waals surface area contributed by atoms with Crippen LogP contribution in [-0.4, -0.2) is 29.8 Å². The van der Waals surface area contributed by atoms with Crippen LogP contribution in [0.15, 0.2) is 47.0 Å². The third kappa shape index (κ3) is 3.98. The largest absolute Gasteiger partial charge is 0.374 e. The Labute approximate surface area is 163 Å². The second-order valence-electron chi connectivity index (χ2n) is 7.01. The molecule has 4 rings (SSSR count). The molecule has 2 N–H and O–H groups in total. The van der Waals surface area contributed by atoms with Crippen LogP contribution >= 0.6 is 0 Å². The molecule has 3 aromatic rings. The van der Waals surface area contributed by atoms with Crippen molar-refractivity contribution in [3.8, 4) is 11.4 Å². The van der Waals surface area contributed by atoms with Gasteiger partial charge in [-0.3, -0.25) is 0 Å². The van der Waals surface area contributed by atoms with E-state index in [-0.39, 0.29) is 6.03 Å². The first kappa shape index (κ1) is 18.0. The Kier molecular flexibility index (Phi) is 4.97. The summed E-state index contributed by atoms with van der Waals surface area (Å²) in [7, 11) is 2.12. The maximum absolute atomic E-state index is 12.3. The molecule has 2 amide bonds. The van der Waals surface area contributed by atoms with Crippen molar-refractivity contribution in [3.63, 3.8) is 0 Å². The molecule has 0 aliphatic carbocycles. The van der Waals surface area contributed by atoms with Crippen molar-refractivity contribution in [2.75, 3.05) is 23.8 Å². The van der Waals surface area contributed by atoms with Crippen molar-refractivity contribution in [1.29, 1.82) is 0 Å². The average molecular weight is 377 g/mol. The average Bonchev–Trinajstić information content (AvgIpc) is 3.13. The van der Waals surface area contributed by atoms with Gasteiger partial charge in [0.1, 0.15) is 0 Å². The van der Waals surface area contributed by atoms with Crippen molar-refractivity contribution in [2.45, 2.75) is 26.3 Å². The van der Waals surface area contributed by atoms with Crippen LogP contribution in [0.2, 0.25) is 0 Å². The van der Waals surface area contributed by atoms with E-state index in [1.54, 1.807) is 6.92 Å². The standard InChI is InChI=1S/C21H23N5O2/c1-14-23-20(25-28-14)17-5-3-7-18(12-17)24-21(27)22-13-15-8-9-19-16(11-15)6-4-10-26(19)2/h3,5,7-9,11-12H,4,6,10,13H2,1-2H3,(H2,22,24,27). The number of fused-ring (bicyclic) bond motifs is 1. The first-order chi connectivity index (χ1) is 13.6. The Bertz CT molecular complexity index is 998. The van der Waals surface area contributed by atoms with E-state index in [9.17, 15) is 4.79 Å². The number of carbonyl (C=O) groups excluding carboxylic acids is 1. The highest BCUT2D eigenvalue weighted by molar-refractivity contribution is 5.89. The predicted octanol–water partition coefficient (Wildman–Crippen LogP) is 3.75. The Morgan fingerprint density at radius 3 is 2.96 bits per heavy atom. The number of hydrogen-bond acceptors (Lipinski definition) is 5. The number of benzene rings is 2. The number of nitrogens with zero attached hydrogens (tertiary/aromatic N) is 3. The molecule has 0 saturated heterocycles. The molecule has 2 aromatic carbocycles. The minimum atomic E-state index is -0.253. The lowest BCUT2D eigenvalue weighted by Gasteiger charge is -2.27. The fourth-order valence-electron chi connectivity index (χ4n) is 3.46. The summed E-state index contributed by atoms with van der Waals surface area (Å²) in [6.45, 7) is 3.31. The molecular weight excluding hydrogens is 354 g/mol. The highest BCUT2D eigenvalue weighted by Gasteiger charge is 2.14. The molecule has 0 saturated carbocycles. The lowest BCUT2D eigenvalue weighted by Crippen LogP contribution is -2.28. The van der Waals surface area contributed by atoms with Gasteiger partial charge in [0, 0.05) is 44.0 Å². The number of anilines is 2. The molecule has 7 heteroatoms. The van der Waals surface area contributed by atoms with Gasteiger partial charge < -0.3 is 20.1 Å². The summed E-state index contributed by atoms with van der Waals surface area (Å²) in [6.07, 6.45) is 2.25. The summed E-state index contributed by atoms with van der Waals surface area (Å²) < 4.78 is 5.01. The van der Waals surface area contributed by atoms with Gasteiger partial charge >= 0.3 is 6.03 Å². The first-order valence-corrected chi connectivity index (χ1v) is 9.37. The van der Waals surface area contributed by atoms with Gasteiger partial charge in [-0.25, -0.2) is 4.79 Å². The number of hydrogen-bond donors (Lipinski definition) is 2. The summed E-state index contributed by atoms with van der Waals surface area (Å²) in [5.74, 6) is 1.00. The molecule has 1 aliphatic heterocycles. The second kappa shape index (κ2) is 7.72. The van der Waals surface area contributed by atoms with Crippen LogP contribution < -0.4 is 15.5 Å². The van der Waals surface area contributed by atoms with Crippen molar-refractivity contribution in [1.82, 2.24) is 15.5 Å². The first-order valence-electron chi connectivity index (χ1n) is 9.37. The maximum Gasteiger partial charge on any atom is 0.319 e. The third-order valence-corrected chi connectivity index (χ3v) is 4.85. The third-order valence-electron chi connectivity index (χ3n) is 4.85. The Morgan fingerprint density at radius 1 is 1.25 bits per heavy atom. The van der Waals surface area contributed by atoms with E-state index >= 15 is 0 Å². The number of rotatable bonds is 4. The molecule has 28 heavy (non-hydrogen) atoms. The van der Waals surface area contributed by atoms with Crippen LogP contribution in [0, 0.1) is 6.92 Å². The molecule has 0 unspecified atom stereocenters. The van der Waals surface area contributed by atoms with Gasteiger partial charge in [-0.15, -0.1) is 0 Å². The predicted molar refractivity (Wildman–Crippen MR) is 108 cm³/mol. The maximum atomic E-state index is 12.3. The summed E-state index contributed by atoms with van der Waals surface area (Å²) in [5.41, 5.74) is 5.18. The zero-order valence-electron chi connectivity index (χ0n) is 16.0. The van der Waals surface area contributed by atoms with Crippen LogP contribution in [0.1, 0.15) is 23.4 Å². The van der Waals surface area contributed by atoms with Gasteiger partial charge in [0.25, 0.3) is 0 Å². The molecule has 2 heterocycles. The number of urea groups is 1. The molecule has 0 atom stereocenters. The van der Waals surface area contributed by atoms with Gasteiger partial charge in [0.05, 0.1) is 0 Å². The molecule has 1 aromatic heterocycles. The fourth-order valence-corrected chi connectivity index (χ4v) is 3.46. The number of aromatic nitrogens is 2. The fraction of sp³-hybridized carbons (Fsp3) is 0.286. The Hall–Kier alpha value is -3.35. The van der Waals surface area contributed by atoms with Gasteiger partial charge in [0.2, 0.25) is 11.7 Å². The highest BCUT2D eigenvalue weighted by Crippen LogP contribution is 2.26. The minimum absolute atomic E-state index is 0.253. The molecule has 0 fully saturated rings. The van der Waals surface area contributed by atoms with E-state index in [0.717, 1.165) is 30.5 Å². The summed E-state index contributed by atoms with van der Waals surface area (Å²) in [4.78, 5) is 18.8. The van der Waals surface area contributed by atoms with E-state index < -0.39 is 0 Å². The second-order valence-corrected chi connectivity index (χ2v) is 7.01. The van der Waals surface area contributed by atoms with Crippen molar-refractivity contribution >= 4 is 17.4 Å². The Balaban J connectivity index is 1.37. The number of aryl methyl sites for hydroxylation is 2. The van der Waals surface area contributed by atoms with E-state index in [2.05, 4.69) is 50.9 Å². The van der Waals surface area contributed by atoms with Crippen LogP contribution in [-0.2, 0) is 13.0 Å². The van der Waals surface area contributed by atoms with E-state index in [0.29, 0.717) is 23.9 Å². The molecular formula is C21H23N5O2. The van der Waals surface area contributed by atoms with Gasteiger partial charge in [0.15, 0.2) is 0 Å². The molecule has 0 radical (unpaired) electrons. The minimum Gasteiger partial charge on any atom is -0.374 e. The zero-order valence-corrected chi connectivity index (χ0v) is 16.0. The van der Waals surface area contributed by atoms with Gasteiger partial charge in [-0.2, -0.15) is 4.98 Å². The summed E-state index contributed by atoms with van der Waals surface area (Å²) in [6, 6.07) is 13.5. The lowest BCUT2D eigenvalue weighted by atomic mass is 9.99. The van der Waals surface area contributed by atoms with Gasteiger partial charge in [-0.1, -0.05) is 29.4 Å². The normalized spacial score (nSPS) is 13.1. The van der Waals surface area contributed by atoms with Crippen molar-refractivity contribution in [2.24, 2.45) is 0 Å². The van der Waals surface area contributed by atoms with Crippen LogP contribution in [0.3, 0.4) is 0 Å². The van der Waals surface area contributed by atoms with Crippen LogP contribution in [0.4, 0.5) is 16.2 Å². The molecule has 7 nitrogen and oxygen atoms in total. The summed E-state index contributed by atoms with van der Waals surface area (Å²) in [5, 5.41) is 9.67. The van der Waals surface area contributed by atoms with E-state index in [1.165, 1.54) is 11.3 Å². The van der Waals surface area contributed by atoms with Crippen molar-refractivity contribution < 1.29 is 9.32 Å². The van der Waals surface area contributed by atoms with E-state index in [1.807, 2.05) is 24.3 Å². The topological polar surface area (TPSA) is 83.3 Å². The smallest absolute Gasteiger partial charge is 0.319 e. The van der Waals surface area contributed by atoms with E-state index in [4.69, 9.17) is 4.52 Å². The monoisotopic (exact) mass is 377 g/mol. The molecule has 0 spiro atoms. The Morgan fingerprint density at radius 2 is 2.14 bits per heavy atom.